The van der Waals surface area contributed by atoms with E-state index in [-0.39, 0.29) is 16.3 Å². The van der Waals surface area contributed by atoms with Crippen molar-refractivity contribution in [2.45, 2.75) is 4.90 Å². The van der Waals surface area contributed by atoms with Crippen LogP contribution in [0.1, 0.15) is 5.56 Å². The summed E-state index contributed by atoms with van der Waals surface area (Å²) in [5.41, 5.74) is 0.974. The van der Waals surface area contributed by atoms with Gasteiger partial charge in [-0.2, -0.15) is 5.26 Å². The third-order valence-electron chi connectivity index (χ3n) is 3.91. The molecule has 29 heavy (non-hydrogen) atoms. The molecule has 3 aromatic rings. The first kappa shape index (κ1) is 19.9. The third-order valence-corrected chi connectivity index (χ3v) is 5.04. The van der Waals surface area contributed by atoms with Crippen LogP contribution in [0.25, 0.3) is 0 Å². The Morgan fingerprint density at radius 3 is 2.38 bits per heavy atom. The maximum absolute atomic E-state index is 12.0. The Morgan fingerprint density at radius 2 is 1.76 bits per heavy atom. The number of nitriles is 1. The Labute approximate surface area is 167 Å². The van der Waals surface area contributed by atoms with Crippen LogP contribution in [0.15, 0.2) is 71.6 Å². The average Bonchev–Trinajstić information content (AvgIpc) is 2.69. The molecule has 0 saturated heterocycles. The first-order chi connectivity index (χ1) is 13.8. The van der Waals surface area contributed by atoms with E-state index in [0.29, 0.717) is 22.7 Å². The van der Waals surface area contributed by atoms with Crippen LogP contribution in [0.3, 0.4) is 0 Å². The molecule has 1 N–H and O–H groups in total. The maximum atomic E-state index is 12.0. The number of sulfone groups is 1. The summed E-state index contributed by atoms with van der Waals surface area (Å²) in [6, 6.07) is 19.1. The minimum absolute atomic E-state index is 0.166. The van der Waals surface area contributed by atoms with Gasteiger partial charge in [0.15, 0.2) is 9.84 Å². The van der Waals surface area contributed by atoms with E-state index in [1.807, 2.05) is 6.07 Å². The van der Waals surface area contributed by atoms with Gasteiger partial charge in [-0.05, 0) is 48.5 Å². The molecule has 0 amide bonds. The summed E-state index contributed by atoms with van der Waals surface area (Å²) in [4.78, 5) is 10.1. The molecule has 8 nitrogen and oxygen atoms in total. The molecular weight excluding hydrogens is 394 g/mol. The van der Waals surface area contributed by atoms with Gasteiger partial charge in [-0.25, -0.2) is 8.42 Å². The molecule has 9 heteroatoms. The van der Waals surface area contributed by atoms with Crippen molar-refractivity contribution in [3.63, 3.8) is 0 Å². The molecule has 0 aliphatic heterocycles. The lowest BCUT2D eigenvalue weighted by Gasteiger charge is -2.12. The van der Waals surface area contributed by atoms with Crippen LogP contribution in [-0.4, -0.2) is 19.6 Å². The highest BCUT2D eigenvalue weighted by Crippen LogP contribution is 2.30. The van der Waals surface area contributed by atoms with Crippen LogP contribution in [0.5, 0.6) is 11.5 Å². The number of nitro groups is 1. The summed E-state index contributed by atoms with van der Waals surface area (Å²) in [5.74, 6) is 1.04. The number of non-ortho nitro benzene ring substituents is 1. The predicted octanol–water partition coefficient (Wildman–Crippen LogP) is 4.41. The van der Waals surface area contributed by atoms with E-state index >= 15 is 0 Å². The lowest BCUT2D eigenvalue weighted by Crippen LogP contribution is -2.04. The van der Waals surface area contributed by atoms with Crippen LogP contribution >= 0.6 is 0 Å². The van der Waals surface area contributed by atoms with Gasteiger partial charge in [-0.1, -0.05) is 6.07 Å². The highest BCUT2D eigenvalue weighted by Gasteiger charge is 2.18. The molecule has 0 atom stereocenters. The number of nitrogens with one attached hydrogen (secondary N) is 1. The third kappa shape index (κ3) is 4.88. The van der Waals surface area contributed by atoms with Crippen molar-refractivity contribution in [1.82, 2.24) is 0 Å². The summed E-state index contributed by atoms with van der Waals surface area (Å²) in [6.45, 7) is 0. The van der Waals surface area contributed by atoms with Gasteiger partial charge in [0, 0.05) is 24.1 Å². The molecule has 3 aromatic carbocycles. The normalized spacial score (nSPS) is 10.8. The zero-order valence-electron chi connectivity index (χ0n) is 15.2. The van der Waals surface area contributed by atoms with Crippen LogP contribution in [0, 0.1) is 21.4 Å². The van der Waals surface area contributed by atoms with Gasteiger partial charge in [0.1, 0.15) is 11.5 Å². The lowest BCUT2D eigenvalue weighted by atomic mass is 10.2. The molecular formula is C20H15N3O5S. The van der Waals surface area contributed by atoms with Crippen molar-refractivity contribution < 1.29 is 18.1 Å². The number of benzene rings is 3. The number of hydrogen-bond donors (Lipinski definition) is 1. The second-order valence-corrected chi connectivity index (χ2v) is 8.08. The number of hydrogen-bond acceptors (Lipinski definition) is 7. The Balaban J connectivity index is 1.83. The van der Waals surface area contributed by atoms with Crippen molar-refractivity contribution in [1.29, 1.82) is 5.26 Å². The smallest absolute Gasteiger partial charge is 0.270 e. The fraction of sp³-hybridized carbons (Fsp3) is 0.0500. The van der Waals surface area contributed by atoms with E-state index in [0.717, 1.165) is 12.3 Å². The van der Waals surface area contributed by atoms with Gasteiger partial charge >= 0.3 is 0 Å². The number of nitrogens with zero attached hydrogens (tertiary/aromatic N) is 2. The van der Waals surface area contributed by atoms with Crippen molar-refractivity contribution in [2.24, 2.45) is 0 Å². The molecule has 0 aromatic heterocycles. The average molecular weight is 409 g/mol. The molecule has 3 rings (SSSR count). The van der Waals surface area contributed by atoms with E-state index in [4.69, 9.17) is 10.00 Å². The van der Waals surface area contributed by atoms with Gasteiger partial charge in [0.25, 0.3) is 5.69 Å². The van der Waals surface area contributed by atoms with Crippen LogP contribution in [0.4, 0.5) is 17.1 Å². The molecule has 0 aliphatic carbocycles. The summed E-state index contributed by atoms with van der Waals surface area (Å²) >= 11 is 0. The molecule has 0 heterocycles. The van der Waals surface area contributed by atoms with Gasteiger partial charge < -0.3 is 10.1 Å². The fourth-order valence-corrected chi connectivity index (χ4v) is 3.42. The highest BCUT2D eigenvalue weighted by molar-refractivity contribution is 7.90. The zero-order valence-corrected chi connectivity index (χ0v) is 16.0. The van der Waals surface area contributed by atoms with E-state index in [2.05, 4.69) is 5.32 Å². The Bertz CT molecular complexity index is 1220. The topological polar surface area (TPSA) is 122 Å². The Morgan fingerprint density at radius 1 is 1.03 bits per heavy atom. The van der Waals surface area contributed by atoms with E-state index in [1.165, 1.54) is 12.1 Å². The van der Waals surface area contributed by atoms with Gasteiger partial charge in [-0.15, -0.1) is 0 Å². The molecule has 0 radical (unpaired) electrons. The first-order valence-corrected chi connectivity index (χ1v) is 10.2. The van der Waals surface area contributed by atoms with Gasteiger partial charge in [0.05, 0.1) is 27.1 Å². The van der Waals surface area contributed by atoms with E-state index in [1.54, 1.807) is 48.5 Å². The lowest BCUT2D eigenvalue weighted by molar-refractivity contribution is -0.385. The van der Waals surface area contributed by atoms with Crippen molar-refractivity contribution in [3.8, 4) is 17.6 Å². The van der Waals surface area contributed by atoms with Gasteiger partial charge in [0.2, 0.25) is 0 Å². The Kier molecular flexibility index (Phi) is 5.47. The summed E-state index contributed by atoms with van der Waals surface area (Å²) in [5, 5.41) is 22.8. The summed E-state index contributed by atoms with van der Waals surface area (Å²) in [6.07, 6.45) is 0.990. The number of ether oxygens (including phenoxy) is 1. The standard InChI is InChI=1S/C20H15N3O5S/c1-29(26,27)20-12-16(23(24)25)7-10-19(20)22-15-5-8-17(9-6-15)28-18-4-2-3-14(11-18)13-21/h2-12,22H,1H3. The molecule has 0 bridgehead atoms. The van der Waals surface area contributed by atoms with Crippen molar-refractivity contribution in [2.75, 3.05) is 11.6 Å². The van der Waals surface area contributed by atoms with E-state index < -0.39 is 14.8 Å². The molecule has 0 fully saturated rings. The highest BCUT2D eigenvalue weighted by atomic mass is 32.2. The molecule has 146 valence electrons. The quantitative estimate of drug-likeness (QED) is 0.473. The second kappa shape index (κ2) is 8.00. The molecule has 0 saturated carbocycles. The monoisotopic (exact) mass is 409 g/mol. The number of nitro benzene ring substituents is 1. The predicted molar refractivity (Wildman–Crippen MR) is 107 cm³/mol. The van der Waals surface area contributed by atoms with Crippen LogP contribution in [-0.2, 0) is 9.84 Å². The molecule has 0 spiro atoms. The number of anilines is 2. The SMILES string of the molecule is CS(=O)(=O)c1cc([N+](=O)[O-])ccc1Nc1ccc(Oc2cccc(C#N)c2)cc1. The van der Waals surface area contributed by atoms with E-state index in [9.17, 15) is 18.5 Å². The number of rotatable bonds is 6. The minimum Gasteiger partial charge on any atom is -0.457 e. The Hall–Kier alpha value is -3.90. The zero-order chi connectivity index (χ0) is 21.0. The largest absolute Gasteiger partial charge is 0.457 e. The molecule has 0 unspecified atom stereocenters. The summed E-state index contributed by atoms with van der Waals surface area (Å²) < 4.78 is 29.7. The first-order valence-electron chi connectivity index (χ1n) is 8.30. The van der Waals surface area contributed by atoms with Crippen molar-refractivity contribution in [3.05, 3.63) is 82.4 Å². The van der Waals surface area contributed by atoms with Crippen LogP contribution < -0.4 is 10.1 Å². The van der Waals surface area contributed by atoms with Gasteiger partial charge in [-0.3, -0.25) is 10.1 Å². The fourth-order valence-electron chi connectivity index (χ4n) is 2.56. The minimum atomic E-state index is -3.68. The molecule has 0 aliphatic rings. The van der Waals surface area contributed by atoms with Crippen LogP contribution in [0.2, 0.25) is 0 Å². The van der Waals surface area contributed by atoms with Crippen molar-refractivity contribution >= 4 is 26.9 Å². The second-order valence-electron chi connectivity index (χ2n) is 6.10. The maximum Gasteiger partial charge on any atom is 0.270 e. The summed E-state index contributed by atoms with van der Waals surface area (Å²) in [7, 11) is -3.68.